The zero-order valence-electron chi connectivity index (χ0n) is 15.1. The highest BCUT2D eigenvalue weighted by molar-refractivity contribution is 5.84. The van der Waals surface area contributed by atoms with Crippen molar-refractivity contribution in [1.82, 2.24) is 19.4 Å². The summed E-state index contributed by atoms with van der Waals surface area (Å²) in [6, 6.07) is 0.435. The van der Waals surface area contributed by atoms with E-state index < -0.39 is 0 Å². The largest absolute Gasteiger partial charge is 0.342 e. The van der Waals surface area contributed by atoms with E-state index in [4.69, 9.17) is 0 Å². The van der Waals surface area contributed by atoms with Crippen LogP contribution in [0, 0.1) is 11.3 Å². The van der Waals surface area contributed by atoms with Crippen molar-refractivity contribution in [2.24, 2.45) is 11.3 Å². The van der Waals surface area contributed by atoms with Gasteiger partial charge in [0.2, 0.25) is 5.91 Å². The number of hydrogen-bond acceptors (Lipinski definition) is 3. The standard InChI is InChI=1S/C19H30N4O/c1-15(2)23-11-8-20-17(23)13-21-10-7-19(14-21)6-3-9-22(18(19)24)12-16-4-5-16/h8,11,15-16H,3-7,9-10,12-14H2,1-2H3. The highest BCUT2D eigenvalue weighted by atomic mass is 16.2. The summed E-state index contributed by atoms with van der Waals surface area (Å²) in [4.78, 5) is 22.3. The fourth-order valence-corrected chi connectivity index (χ4v) is 4.55. The van der Waals surface area contributed by atoms with E-state index in [-0.39, 0.29) is 5.41 Å². The predicted octanol–water partition coefficient (Wildman–Crippen LogP) is 2.69. The smallest absolute Gasteiger partial charge is 0.230 e. The van der Waals surface area contributed by atoms with Crippen LogP contribution in [-0.4, -0.2) is 51.4 Å². The third-order valence-electron chi connectivity index (χ3n) is 6.10. The van der Waals surface area contributed by atoms with Gasteiger partial charge in [0.25, 0.3) is 0 Å². The molecule has 0 aromatic carbocycles. The molecule has 0 N–H and O–H groups in total. The zero-order chi connectivity index (χ0) is 16.7. The molecule has 1 amide bonds. The summed E-state index contributed by atoms with van der Waals surface area (Å²) < 4.78 is 2.24. The van der Waals surface area contributed by atoms with Gasteiger partial charge in [0.05, 0.1) is 12.0 Å². The molecule has 4 rings (SSSR count). The number of aromatic nitrogens is 2. The van der Waals surface area contributed by atoms with Crippen LogP contribution in [0.25, 0.3) is 0 Å². The van der Waals surface area contributed by atoms with Crippen LogP contribution in [-0.2, 0) is 11.3 Å². The lowest BCUT2D eigenvalue weighted by molar-refractivity contribution is -0.145. The number of amides is 1. The summed E-state index contributed by atoms with van der Waals surface area (Å²) in [6.45, 7) is 9.18. The molecule has 2 aliphatic heterocycles. The first-order valence-electron chi connectivity index (χ1n) is 9.61. The summed E-state index contributed by atoms with van der Waals surface area (Å²) in [7, 11) is 0. The molecule has 3 aliphatic rings. The van der Waals surface area contributed by atoms with E-state index in [1.807, 2.05) is 6.20 Å². The fourth-order valence-electron chi connectivity index (χ4n) is 4.55. The molecule has 132 valence electrons. The van der Waals surface area contributed by atoms with Crippen molar-refractivity contribution in [2.45, 2.75) is 58.5 Å². The lowest BCUT2D eigenvalue weighted by Crippen LogP contribution is -2.50. The number of nitrogens with zero attached hydrogens (tertiary/aromatic N) is 4. The molecule has 1 atom stereocenters. The molecule has 1 aromatic rings. The Morgan fingerprint density at radius 2 is 2.12 bits per heavy atom. The summed E-state index contributed by atoms with van der Waals surface area (Å²) in [5.41, 5.74) is -0.109. The number of carbonyl (C=O) groups excluding carboxylic acids is 1. The minimum atomic E-state index is -0.109. The van der Waals surface area contributed by atoms with E-state index in [1.54, 1.807) is 0 Å². The quantitative estimate of drug-likeness (QED) is 0.833. The van der Waals surface area contributed by atoms with Crippen LogP contribution in [0.2, 0.25) is 0 Å². The van der Waals surface area contributed by atoms with E-state index >= 15 is 0 Å². The lowest BCUT2D eigenvalue weighted by atomic mass is 9.78. The van der Waals surface area contributed by atoms with E-state index in [9.17, 15) is 4.79 Å². The molecule has 1 unspecified atom stereocenters. The molecule has 3 heterocycles. The Hall–Kier alpha value is -1.36. The molecule has 0 radical (unpaired) electrons. The van der Waals surface area contributed by atoms with Crippen LogP contribution < -0.4 is 0 Å². The average Bonchev–Trinajstić information content (AvgIpc) is 3.08. The second-order valence-electron chi connectivity index (χ2n) is 8.38. The Morgan fingerprint density at radius 3 is 2.88 bits per heavy atom. The second kappa shape index (κ2) is 6.17. The van der Waals surface area contributed by atoms with Crippen molar-refractivity contribution in [2.75, 3.05) is 26.2 Å². The highest BCUT2D eigenvalue weighted by Gasteiger charge is 2.48. The van der Waals surface area contributed by atoms with Gasteiger partial charge in [-0.25, -0.2) is 4.98 Å². The first-order valence-corrected chi connectivity index (χ1v) is 9.61. The maximum absolute atomic E-state index is 13.1. The maximum Gasteiger partial charge on any atom is 0.230 e. The topological polar surface area (TPSA) is 41.4 Å². The van der Waals surface area contributed by atoms with Crippen LogP contribution in [0.3, 0.4) is 0 Å². The molecule has 0 bridgehead atoms. The van der Waals surface area contributed by atoms with Crippen molar-refractivity contribution in [3.63, 3.8) is 0 Å². The van der Waals surface area contributed by atoms with Gasteiger partial charge in [-0.15, -0.1) is 0 Å². The van der Waals surface area contributed by atoms with Gasteiger partial charge in [-0.2, -0.15) is 0 Å². The first kappa shape index (κ1) is 16.1. The third-order valence-corrected chi connectivity index (χ3v) is 6.10. The maximum atomic E-state index is 13.1. The van der Waals surface area contributed by atoms with Crippen molar-refractivity contribution < 1.29 is 4.79 Å². The Labute approximate surface area is 145 Å². The van der Waals surface area contributed by atoms with Gasteiger partial charge < -0.3 is 9.47 Å². The molecular formula is C19H30N4O. The molecule has 1 aliphatic carbocycles. The summed E-state index contributed by atoms with van der Waals surface area (Å²) in [6.07, 6.45) is 9.87. The molecule has 2 saturated heterocycles. The summed E-state index contributed by atoms with van der Waals surface area (Å²) in [5, 5.41) is 0. The number of rotatable bonds is 5. The molecule has 3 fully saturated rings. The van der Waals surface area contributed by atoms with Gasteiger partial charge in [0, 0.05) is 38.1 Å². The summed E-state index contributed by atoms with van der Waals surface area (Å²) in [5.74, 6) is 2.36. The van der Waals surface area contributed by atoms with Crippen LogP contribution in [0.1, 0.15) is 57.8 Å². The van der Waals surface area contributed by atoms with Gasteiger partial charge in [-0.05, 0) is 58.4 Å². The Bertz CT molecular complexity index is 606. The zero-order valence-corrected chi connectivity index (χ0v) is 15.1. The van der Waals surface area contributed by atoms with E-state index in [0.717, 1.165) is 57.3 Å². The fraction of sp³-hybridized carbons (Fsp3) is 0.789. The van der Waals surface area contributed by atoms with Crippen LogP contribution in [0.4, 0.5) is 0 Å². The molecule has 1 saturated carbocycles. The number of likely N-dealkylation sites (tertiary alicyclic amines) is 2. The SMILES string of the molecule is CC(C)n1ccnc1CN1CCC2(CCCN(CC3CC3)C2=O)C1. The monoisotopic (exact) mass is 330 g/mol. The van der Waals surface area contributed by atoms with Crippen LogP contribution in [0.5, 0.6) is 0 Å². The van der Waals surface area contributed by atoms with E-state index in [0.29, 0.717) is 11.9 Å². The normalized spacial score (nSPS) is 28.5. The Balaban J connectivity index is 1.43. The lowest BCUT2D eigenvalue weighted by Gasteiger charge is -2.39. The number of carbonyl (C=O) groups is 1. The van der Waals surface area contributed by atoms with Crippen LogP contribution in [0.15, 0.2) is 12.4 Å². The van der Waals surface area contributed by atoms with E-state index in [2.05, 4.69) is 39.4 Å². The minimum absolute atomic E-state index is 0.109. The number of imidazole rings is 1. The predicted molar refractivity (Wildman–Crippen MR) is 93.5 cm³/mol. The van der Waals surface area contributed by atoms with Gasteiger partial charge in [0.15, 0.2) is 0 Å². The molecule has 5 nitrogen and oxygen atoms in total. The summed E-state index contributed by atoms with van der Waals surface area (Å²) >= 11 is 0. The van der Waals surface area contributed by atoms with Crippen molar-refractivity contribution in [3.8, 4) is 0 Å². The van der Waals surface area contributed by atoms with Gasteiger partial charge in [-0.1, -0.05) is 0 Å². The molecule has 1 spiro atoms. The Morgan fingerprint density at radius 1 is 1.29 bits per heavy atom. The first-order chi connectivity index (χ1) is 11.6. The van der Waals surface area contributed by atoms with E-state index in [1.165, 1.54) is 19.3 Å². The van der Waals surface area contributed by atoms with Gasteiger partial charge >= 0.3 is 0 Å². The van der Waals surface area contributed by atoms with Crippen molar-refractivity contribution >= 4 is 5.91 Å². The minimum Gasteiger partial charge on any atom is -0.342 e. The molecule has 24 heavy (non-hydrogen) atoms. The number of piperidine rings is 1. The Kier molecular flexibility index (Phi) is 4.15. The highest BCUT2D eigenvalue weighted by Crippen LogP contribution is 2.42. The van der Waals surface area contributed by atoms with Crippen LogP contribution >= 0.6 is 0 Å². The molecule has 1 aromatic heterocycles. The molecular weight excluding hydrogens is 300 g/mol. The third kappa shape index (κ3) is 2.99. The second-order valence-corrected chi connectivity index (χ2v) is 8.38. The van der Waals surface area contributed by atoms with Crippen molar-refractivity contribution in [3.05, 3.63) is 18.2 Å². The van der Waals surface area contributed by atoms with Gasteiger partial charge in [-0.3, -0.25) is 9.69 Å². The van der Waals surface area contributed by atoms with Crippen molar-refractivity contribution in [1.29, 1.82) is 0 Å². The van der Waals surface area contributed by atoms with Gasteiger partial charge in [0.1, 0.15) is 5.82 Å². The molecule has 5 heteroatoms. The number of hydrogen-bond donors (Lipinski definition) is 0. The average molecular weight is 330 g/mol.